The predicted molar refractivity (Wildman–Crippen MR) is 90.3 cm³/mol. The number of aromatic nitrogens is 2. The lowest BCUT2D eigenvalue weighted by molar-refractivity contribution is -0.127. The standard InChI is InChI=1S/C17H16FN3O3S/c1-11-13(7-8-23-11)16-19-20-17(24-16)25-10-15(22)21(2)9-12-5-3-4-6-14(12)18/h3-8H,9-10H2,1-2H3. The van der Waals surface area contributed by atoms with Crippen LogP contribution in [0.4, 0.5) is 4.39 Å². The zero-order valence-electron chi connectivity index (χ0n) is 13.7. The first kappa shape index (κ1) is 17.2. The van der Waals surface area contributed by atoms with Gasteiger partial charge in [0.05, 0.1) is 17.6 Å². The fourth-order valence-corrected chi connectivity index (χ4v) is 2.89. The molecule has 1 aromatic carbocycles. The van der Waals surface area contributed by atoms with Crippen LogP contribution in [0.1, 0.15) is 11.3 Å². The molecule has 0 bridgehead atoms. The Balaban J connectivity index is 1.56. The zero-order valence-corrected chi connectivity index (χ0v) is 14.5. The maximum atomic E-state index is 13.6. The van der Waals surface area contributed by atoms with Gasteiger partial charge < -0.3 is 13.7 Å². The summed E-state index contributed by atoms with van der Waals surface area (Å²) in [6, 6.07) is 8.13. The average molecular weight is 361 g/mol. The fraction of sp³-hybridized carbons (Fsp3) is 0.235. The molecule has 25 heavy (non-hydrogen) atoms. The lowest BCUT2D eigenvalue weighted by atomic mass is 10.2. The number of hydrogen-bond acceptors (Lipinski definition) is 6. The van der Waals surface area contributed by atoms with Crippen LogP contribution in [0.15, 0.2) is 50.7 Å². The molecule has 0 atom stereocenters. The molecule has 0 spiro atoms. The number of nitrogens with zero attached hydrogens (tertiary/aromatic N) is 3. The SMILES string of the molecule is Cc1occc1-c1nnc(SCC(=O)N(C)Cc2ccccc2F)o1. The molecule has 2 aromatic heterocycles. The molecule has 6 nitrogen and oxygen atoms in total. The molecule has 8 heteroatoms. The van der Waals surface area contributed by atoms with Crippen molar-refractivity contribution in [3.8, 4) is 11.5 Å². The Bertz CT molecular complexity index is 877. The number of aryl methyl sites for hydroxylation is 1. The van der Waals surface area contributed by atoms with Gasteiger partial charge in [0.2, 0.25) is 5.91 Å². The van der Waals surface area contributed by atoms with Gasteiger partial charge in [-0.15, -0.1) is 10.2 Å². The Hall–Kier alpha value is -2.61. The van der Waals surface area contributed by atoms with E-state index >= 15 is 0 Å². The third kappa shape index (κ3) is 4.08. The molecule has 130 valence electrons. The van der Waals surface area contributed by atoms with Crippen LogP contribution >= 0.6 is 11.8 Å². The van der Waals surface area contributed by atoms with Gasteiger partial charge in [-0.2, -0.15) is 0 Å². The van der Waals surface area contributed by atoms with E-state index in [4.69, 9.17) is 8.83 Å². The van der Waals surface area contributed by atoms with Gasteiger partial charge in [0.1, 0.15) is 11.6 Å². The van der Waals surface area contributed by atoms with Crippen molar-refractivity contribution in [2.75, 3.05) is 12.8 Å². The van der Waals surface area contributed by atoms with E-state index in [-0.39, 0.29) is 24.0 Å². The Kier molecular flexibility index (Phi) is 5.18. The van der Waals surface area contributed by atoms with Crippen LogP contribution in [-0.2, 0) is 11.3 Å². The second kappa shape index (κ2) is 7.52. The van der Waals surface area contributed by atoms with Crippen molar-refractivity contribution in [3.05, 3.63) is 53.7 Å². The lowest BCUT2D eigenvalue weighted by Gasteiger charge is -2.16. The molecule has 0 aliphatic heterocycles. The topological polar surface area (TPSA) is 72.4 Å². The highest BCUT2D eigenvalue weighted by Crippen LogP contribution is 2.26. The lowest BCUT2D eigenvalue weighted by Crippen LogP contribution is -2.28. The predicted octanol–water partition coefficient (Wildman–Crippen LogP) is 3.53. The van der Waals surface area contributed by atoms with Crippen molar-refractivity contribution in [3.63, 3.8) is 0 Å². The van der Waals surface area contributed by atoms with Crippen LogP contribution < -0.4 is 0 Å². The summed E-state index contributed by atoms with van der Waals surface area (Å²) >= 11 is 1.14. The van der Waals surface area contributed by atoms with Crippen LogP contribution in [0, 0.1) is 12.7 Å². The Morgan fingerprint density at radius 3 is 2.80 bits per heavy atom. The van der Waals surface area contributed by atoms with Gasteiger partial charge in [0.25, 0.3) is 11.1 Å². The summed E-state index contributed by atoms with van der Waals surface area (Å²) in [5.41, 5.74) is 1.20. The van der Waals surface area contributed by atoms with Crippen LogP contribution in [0.2, 0.25) is 0 Å². The van der Waals surface area contributed by atoms with E-state index in [1.54, 1.807) is 44.5 Å². The van der Waals surface area contributed by atoms with Gasteiger partial charge in [0, 0.05) is 19.2 Å². The van der Waals surface area contributed by atoms with E-state index in [0.29, 0.717) is 22.4 Å². The molecule has 0 radical (unpaired) electrons. The quantitative estimate of drug-likeness (QED) is 0.626. The largest absolute Gasteiger partial charge is 0.469 e. The summed E-state index contributed by atoms with van der Waals surface area (Å²) in [5.74, 6) is 0.665. The third-order valence-electron chi connectivity index (χ3n) is 3.61. The second-order valence-corrected chi connectivity index (χ2v) is 6.32. The molecule has 0 aliphatic rings. The van der Waals surface area contributed by atoms with Crippen molar-refractivity contribution in [1.82, 2.24) is 15.1 Å². The summed E-state index contributed by atoms with van der Waals surface area (Å²) in [6.07, 6.45) is 1.54. The summed E-state index contributed by atoms with van der Waals surface area (Å²) in [5, 5.41) is 8.16. The summed E-state index contributed by atoms with van der Waals surface area (Å²) in [4.78, 5) is 13.7. The van der Waals surface area contributed by atoms with Gasteiger partial charge in [-0.1, -0.05) is 30.0 Å². The highest BCUT2D eigenvalue weighted by atomic mass is 32.2. The zero-order chi connectivity index (χ0) is 17.8. The molecular formula is C17H16FN3O3S. The minimum atomic E-state index is -0.327. The fourth-order valence-electron chi connectivity index (χ4n) is 2.19. The first-order valence-electron chi connectivity index (χ1n) is 7.52. The number of carbonyl (C=O) groups is 1. The van der Waals surface area contributed by atoms with E-state index in [1.165, 1.54) is 11.0 Å². The van der Waals surface area contributed by atoms with Crippen molar-refractivity contribution >= 4 is 17.7 Å². The van der Waals surface area contributed by atoms with Crippen molar-refractivity contribution in [1.29, 1.82) is 0 Å². The van der Waals surface area contributed by atoms with E-state index in [1.807, 2.05) is 0 Å². The van der Waals surface area contributed by atoms with Gasteiger partial charge in [-0.25, -0.2) is 4.39 Å². The minimum Gasteiger partial charge on any atom is -0.469 e. The second-order valence-electron chi connectivity index (χ2n) is 5.39. The van der Waals surface area contributed by atoms with Crippen molar-refractivity contribution in [2.24, 2.45) is 0 Å². The Morgan fingerprint density at radius 1 is 1.28 bits per heavy atom. The molecule has 0 unspecified atom stereocenters. The van der Waals surface area contributed by atoms with Gasteiger partial charge in [-0.05, 0) is 19.1 Å². The normalized spacial score (nSPS) is 10.8. The first-order valence-corrected chi connectivity index (χ1v) is 8.51. The molecule has 0 N–H and O–H groups in total. The number of benzene rings is 1. The average Bonchev–Trinajstić information content (AvgIpc) is 3.23. The molecule has 0 saturated carbocycles. The van der Waals surface area contributed by atoms with Gasteiger partial charge in [0.15, 0.2) is 0 Å². The van der Waals surface area contributed by atoms with Crippen LogP contribution in [-0.4, -0.2) is 33.8 Å². The van der Waals surface area contributed by atoms with Crippen LogP contribution in [0.25, 0.3) is 11.5 Å². The smallest absolute Gasteiger partial charge is 0.277 e. The molecule has 2 heterocycles. The summed E-state index contributed by atoms with van der Waals surface area (Å²) < 4.78 is 24.4. The first-order chi connectivity index (χ1) is 12.0. The molecule has 3 rings (SSSR count). The number of rotatable bonds is 6. The number of carbonyl (C=O) groups excluding carboxylic acids is 1. The van der Waals surface area contributed by atoms with E-state index in [9.17, 15) is 9.18 Å². The Morgan fingerprint density at radius 2 is 2.08 bits per heavy atom. The van der Waals surface area contributed by atoms with E-state index < -0.39 is 0 Å². The maximum absolute atomic E-state index is 13.6. The van der Waals surface area contributed by atoms with Crippen LogP contribution in [0.3, 0.4) is 0 Å². The molecule has 3 aromatic rings. The van der Waals surface area contributed by atoms with E-state index in [2.05, 4.69) is 10.2 Å². The molecule has 1 amide bonds. The van der Waals surface area contributed by atoms with Gasteiger partial charge in [-0.3, -0.25) is 4.79 Å². The monoisotopic (exact) mass is 361 g/mol. The van der Waals surface area contributed by atoms with Gasteiger partial charge >= 0.3 is 0 Å². The summed E-state index contributed by atoms with van der Waals surface area (Å²) in [6.45, 7) is 2.00. The molecular weight excluding hydrogens is 345 g/mol. The van der Waals surface area contributed by atoms with Crippen LogP contribution in [0.5, 0.6) is 0 Å². The number of hydrogen-bond donors (Lipinski definition) is 0. The molecule has 0 aliphatic carbocycles. The number of halogens is 1. The maximum Gasteiger partial charge on any atom is 0.277 e. The third-order valence-corrected chi connectivity index (χ3v) is 4.41. The Labute approximate surface area is 148 Å². The number of amides is 1. The molecule has 0 saturated heterocycles. The number of furan rings is 1. The van der Waals surface area contributed by atoms with Crippen molar-refractivity contribution in [2.45, 2.75) is 18.7 Å². The highest BCUT2D eigenvalue weighted by molar-refractivity contribution is 7.99. The summed E-state index contributed by atoms with van der Waals surface area (Å²) in [7, 11) is 1.63. The van der Waals surface area contributed by atoms with Crippen molar-refractivity contribution < 1.29 is 18.0 Å². The number of thioether (sulfide) groups is 1. The van der Waals surface area contributed by atoms with E-state index in [0.717, 1.165) is 17.3 Å². The minimum absolute atomic E-state index is 0.122. The highest BCUT2D eigenvalue weighted by Gasteiger charge is 2.16. The molecule has 0 fully saturated rings.